The molecule has 0 aromatic rings. The first kappa shape index (κ1) is 8.65. The van der Waals surface area contributed by atoms with Crippen LogP contribution in [0.4, 0.5) is 0 Å². The molecular formula is C8H12S. The molecule has 0 saturated carbocycles. The van der Waals surface area contributed by atoms with E-state index in [1.54, 1.807) is 0 Å². The fourth-order valence-electron chi connectivity index (χ4n) is 0.348. The van der Waals surface area contributed by atoms with Crippen LogP contribution in [-0.2, 0) is 0 Å². The minimum absolute atomic E-state index is 0.934. The number of hydrogen-bond donors (Lipinski definition) is 0. The molecular weight excluding hydrogens is 128 g/mol. The first-order valence-corrected chi connectivity index (χ1v) is 4.04. The lowest BCUT2D eigenvalue weighted by molar-refractivity contribution is 1.44. The highest BCUT2D eigenvalue weighted by atomic mass is 32.2. The van der Waals surface area contributed by atoms with Gasteiger partial charge in [-0.1, -0.05) is 18.1 Å². The van der Waals surface area contributed by atoms with Crippen molar-refractivity contribution in [3.05, 3.63) is 12.2 Å². The van der Waals surface area contributed by atoms with E-state index in [1.165, 1.54) is 5.57 Å². The van der Waals surface area contributed by atoms with E-state index in [-0.39, 0.29) is 0 Å². The zero-order chi connectivity index (χ0) is 7.11. The molecule has 0 N–H and O–H groups in total. The number of rotatable bonds is 3. The molecule has 0 rings (SSSR count). The van der Waals surface area contributed by atoms with Crippen LogP contribution < -0.4 is 0 Å². The third kappa shape index (κ3) is 7.65. The van der Waals surface area contributed by atoms with Crippen LogP contribution in [0.25, 0.3) is 0 Å². The standard InChI is InChI=1S/C8H12S/c1-4-5-6-9-7-8(2)3/h2,6-7H2,1,3H3. The Morgan fingerprint density at radius 2 is 2.33 bits per heavy atom. The van der Waals surface area contributed by atoms with E-state index >= 15 is 0 Å². The Bertz CT molecular complexity index is 136. The zero-order valence-corrected chi connectivity index (χ0v) is 6.85. The molecule has 0 unspecified atom stereocenters. The van der Waals surface area contributed by atoms with Crippen LogP contribution in [0, 0.1) is 11.8 Å². The van der Waals surface area contributed by atoms with Crippen molar-refractivity contribution in [1.29, 1.82) is 0 Å². The van der Waals surface area contributed by atoms with Crippen molar-refractivity contribution in [2.45, 2.75) is 13.8 Å². The molecule has 0 aromatic heterocycles. The summed E-state index contributed by atoms with van der Waals surface area (Å²) in [5, 5.41) is 0. The molecule has 0 heterocycles. The molecule has 9 heavy (non-hydrogen) atoms. The van der Waals surface area contributed by atoms with Crippen molar-refractivity contribution >= 4 is 11.8 Å². The molecule has 0 aliphatic heterocycles. The SMILES string of the molecule is C=C(C)CSCC#CC. The minimum Gasteiger partial charge on any atom is -0.144 e. The first-order chi connectivity index (χ1) is 4.27. The summed E-state index contributed by atoms with van der Waals surface area (Å²) in [5.41, 5.74) is 1.22. The summed E-state index contributed by atoms with van der Waals surface area (Å²) >= 11 is 1.81. The van der Waals surface area contributed by atoms with Crippen molar-refractivity contribution in [2.75, 3.05) is 11.5 Å². The predicted molar refractivity (Wildman–Crippen MR) is 45.6 cm³/mol. The van der Waals surface area contributed by atoms with E-state index in [1.807, 2.05) is 25.6 Å². The van der Waals surface area contributed by atoms with Gasteiger partial charge in [-0.25, -0.2) is 0 Å². The fraction of sp³-hybridized carbons (Fsp3) is 0.500. The Morgan fingerprint density at radius 1 is 1.67 bits per heavy atom. The molecule has 0 saturated heterocycles. The van der Waals surface area contributed by atoms with E-state index in [0.717, 1.165) is 11.5 Å². The van der Waals surface area contributed by atoms with Gasteiger partial charge in [0.05, 0.1) is 5.75 Å². The van der Waals surface area contributed by atoms with Gasteiger partial charge < -0.3 is 0 Å². The topological polar surface area (TPSA) is 0 Å². The Hall–Kier alpha value is -0.350. The first-order valence-electron chi connectivity index (χ1n) is 2.89. The maximum Gasteiger partial charge on any atom is 0.0550 e. The lowest BCUT2D eigenvalue weighted by Crippen LogP contribution is -1.79. The van der Waals surface area contributed by atoms with E-state index in [2.05, 4.69) is 18.4 Å². The monoisotopic (exact) mass is 140 g/mol. The fourth-order valence-corrected chi connectivity index (χ4v) is 1.05. The highest BCUT2D eigenvalue weighted by molar-refractivity contribution is 7.99. The highest BCUT2D eigenvalue weighted by Gasteiger charge is 1.83. The molecule has 0 aliphatic rings. The second-order valence-corrected chi connectivity index (χ2v) is 2.86. The summed E-state index contributed by atoms with van der Waals surface area (Å²) in [6, 6.07) is 0. The Balaban J connectivity index is 3.07. The zero-order valence-electron chi connectivity index (χ0n) is 6.03. The van der Waals surface area contributed by atoms with Crippen LogP contribution in [-0.4, -0.2) is 11.5 Å². The van der Waals surface area contributed by atoms with Gasteiger partial charge in [0.1, 0.15) is 0 Å². The van der Waals surface area contributed by atoms with Crippen molar-refractivity contribution in [1.82, 2.24) is 0 Å². The summed E-state index contributed by atoms with van der Waals surface area (Å²) < 4.78 is 0. The summed E-state index contributed by atoms with van der Waals surface area (Å²) in [6.45, 7) is 7.68. The lowest BCUT2D eigenvalue weighted by Gasteiger charge is -1.92. The summed E-state index contributed by atoms with van der Waals surface area (Å²) in [4.78, 5) is 0. The largest absolute Gasteiger partial charge is 0.144 e. The summed E-state index contributed by atoms with van der Waals surface area (Å²) in [6.07, 6.45) is 0. The van der Waals surface area contributed by atoms with Gasteiger partial charge in [0.25, 0.3) is 0 Å². The van der Waals surface area contributed by atoms with E-state index < -0.39 is 0 Å². The molecule has 50 valence electrons. The van der Waals surface area contributed by atoms with Crippen molar-refractivity contribution < 1.29 is 0 Å². The lowest BCUT2D eigenvalue weighted by atomic mass is 10.4. The normalized spacial score (nSPS) is 7.78. The van der Waals surface area contributed by atoms with Gasteiger partial charge >= 0.3 is 0 Å². The Kier molecular flexibility index (Phi) is 5.56. The molecule has 0 spiro atoms. The third-order valence-electron chi connectivity index (χ3n) is 0.699. The molecule has 0 fully saturated rings. The van der Waals surface area contributed by atoms with Crippen LogP contribution in [0.3, 0.4) is 0 Å². The van der Waals surface area contributed by atoms with Gasteiger partial charge in [-0.2, -0.15) is 0 Å². The maximum atomic E-state index is 3.78. The van der Waals surface area contributed by atoms with Crippen molar-refractivity contribution in [3.8, 4) is 11.8 Å². The van der Waals surface area contributed by atoms with E-state index in [0.29, 0.717) is 0 Å². The van der Waals surface area contributed by atoms with Crippen molar-refractivity contribution in [3.63, 3.8) is 0 Å². The summed E-state index contributed by atoms with van der Waals surface area (Å²) in [7, 11) is 0. The quantitative estimate of drug-likeness (QED) is 0.329. The molecule has 0 bridgehead atoms. The van der Waals surface area contributed by atoms with Gasteiger partial charge in [-0.05, 0) is 13.8 Å². The molecule has 0 aliphatic carbocycles. The molecule has 1 heteroatoms. The van der Waals surface area contributed by atoms with Gasteiger partial charge in [0.15, 0.2) is 0 Å². The second-order valence-electron chi connectivity index (χ2n) is 1.88. The van der Waals surface area contributed by atoms with Gasteiger partial charge in [0.2, 0.25) is 0 Å². The molecule has 0 aromatic carbocycles. The molecule has 0 amide bonds. The predicted octanol–water partition coefficient (Wildman–Crippen LogP) is 2.32. The van der Waals surface area contributed by atoms with Crippen molar-refractivity contribution in [2.24, 2.45) is 0 Å². The van der Waals surface area contributed by atoms with Gasteiger partial charge in [-0.3, -0.25) is 0 Å². The van der Waals surface area contributed by atoms with Crippen LogP contribution in [0.1, 0.15) is 13.8 Å². The van der Waals surface area contributed by atoms with Crippen LogP contribution in [0.15, 0.2) is 12.2 Å². The average molecular weight is 140 g/mol. The minimum atomic E-state index is 0.934. The molecule has 0 radical (unpaired) electrons. The molecule has 0 nitrogen and oxygen atoms in total. The number of thioether (sulfide) groups is 1. The van der Waals surface area contributed by atoms with Gasteiger partial charge in [-0.15, -0.1) is 17.7 Å². The highest BCUT2D eigenvalue weighted by Crippen LogP contribution is 2.03. The van der Waals surface area contributed by atoms with Crippen LogP contribution >= 0.6 is 11.8 Å². The third-order valence-corrected chi connectivity index (χ3v) is 1.74. The Morgan fingerprint density at radius 3 is 2.78 bits per heavy atom. The smallest absolute Gasteiger partial charge is 0.0550 e. The number of hydrogen-bond acceptors (Lipinski definition) is 1. The molecule has 0 atom stereocenters. The summed E-state index contributed by atoms with van der Waals surface area (Å²) in [5.74, 6) is 7.79. The van der Waals surface area contributed by atoms with E-state index in [9.17, 15) is 0 Å². The second kappa shape index (κ2) is 5.78. The maximum absolute atomic E-state index is 3.78. The Labute approximate surface area is 61.7 Å². The van der Waals surface area contributed by atoms with E-state index in [4.69, 9.17) is 0 Å². The average Bonchev–Trinajstić information content (AvgIpc) is 1.80. The van der Waals surface area contributed by atoms with Gasteiger partial charge in [0, 0.05) is 5.75 Å². The van der Waals surface area contributed by atoms with Crippen LogP contribution in [0.2, 0.25) is 0 Å². The van der Waals surface area contributed by atoms with Crippen LogP contribution in [0.5, 0.6) is 0 Å².